The number of hydrogen-bond donors (Lipinski definition) is 1. The first kappa shape index (κ1) is 24.1. The zero-order valence-corrected chi connectivity index (χ0v) is 20.8. The topological polar surface area (TPSA) is 89.1 Å². The van der Waals surface area contributed by atoms with E-state index in [0.717, 1.165) is 22.6 Å². The van der Waals surface area contributed by atoms with Gasteiger partial charge < -0.3 is 29.3 Å². The molecular weight excluding hydrogens is 446 g/mol. The van der Waals surface area contributed by atoms with Gasteiger partial charge in [0.2, 0.25) is 5.75 Å². The van der Waals surface area contributed by atoms with Crippen molar-refractivity contribution in [3.05, 3.63) is 53.6 Å². The molecule has 0 unspecified atom stereocenters. The van der Waals surface area contributed by atoms with Crippen LogP contribution in [0.3, 0.4) is 0 Å². The second-order valence-electron chi connectivity index (χ2n) is 8.41. The molecule has 0 bridgehead atoms. The van der Waals surface area contributed by atoms with Crippen LogP contribution in [-0.2, 0) is 0 Å². The lowest BCUT2D eigenvalue weighted by Crippen LogP contribution is -2.50. The van der Waals surface area contributed by atoms with Crippen LogP contribution in [0.15, 0.2) is 42.5 Å². The molecule has 0 radical (unpaired) electrons. The number of amides is 2. The largest absolute Gasteiger partial charge is 0.493 e. The van der Waals surface area contributed by atoms with E-state index in [1.807, 2.05) is 55.1 Å². The van der Waals surface area contributed by atoms with Gasteiger partial charge >= 0.3 is 6.03 Å². The first-order valence-corrected chi connectivity index (χ1v) is 11.5. The Hall–Kier alpha value is -4.01. The molecule has 9 heteroatoms. The van der Waals surface area contributed by atoms with Crippen molar-refractivity contribution in [1.29, 1.82) is 0 Å². The van der Waals surface area contributed by atoms with Crippen molar-refractivity contribution in [2.24, 2.45) is 0 Å². The van der Waals surface area contributed by atoms with Crippen LogP contribution in [0.5, 0.6) is 17.2 Å². The molecule has 3 aromatic rings. The van der Waals surface area contributed by atoms with E-state index in [4.69, 9.17) is 14.2 Å². The van der Waals surface area contributed by atoms with Crippen molar-refractivity contribution in [2.75, 3.05) is 57.7 Å². The average molecular weight is 478 g/mol. The maximum absolute atomic E-state index is 12.7. The predicted molar refractivity (Wildman–Crippen MR) is 136 cm³/mol. The van der Waals surface area contributed by atoms with Gasteiger partial charge in [-0.05, 0) is 49.7 Å². The molecule has 1 aromatic heterocycles. The van der Waals surface area contributed by atoms with E-state index in [2.05, 4.69) is 26.5 Å². The van der Waals surface area contributed by atoms with E-state index >= 15 is 0 Å². The molecule has 1 N–H and O–H groups in total. The molecule has 35 heavy (non-hydrogen) atoms. The van der Waals surface area contributed by atoms with Gasteiger partial charge in [-0.15, -0.1) is 10.2 Å². The van der Waals surface area contributed by atoms with Gasteiger partial charge in [-0.1, -0.05) is 17.7 Å². The Morgan fingerprint density at radius 3 is 2.09 bits per heavy atom. The van der Waals surface area contributed by atoms with E-state index < -0.39 is 0 Å². The molecule has 0 aliphatic carbocycles. The number of anilines is 2. The van der Waals surface area contributed by atoms with Gasteiger partial charge in [-0.3, -0.25) is 0 Å². The lowest BCUT2D eigenvalue weighted by atomic mass is 10.1. The number of aromatic nitrogens is 2. The minimum atomic E-state index is -0.0829. The summed E-state index contributed by atoms with van der Waals surface area (Å²) in [5, 5.41) is 11.9. The molecule has 1 aliphatic heterocycles. The van der Waals surface area contributed by atoms with Crippen LogP contribution in [0, 0.1) is 13.8 Å². The van der Waals surface area contributed by atoms with E-state index in [1.165, 1.54) is 5.56 Å². The fourth-order valence-electron chi connectivity index (χ4n) is 4.16. The molecule has 1 saturated heterocycles. The minimum Gasteiger partial charge on any atom is -0.493 e. The molecule has 1 fully saturated rings. The summed E-state index contributed by atoms with van der Waals surface area (Å²) >= 11 is 0. The van der Waals surface area contributed by atoms with Crippen molar-refractivity contribution >= 4 is 17.5 Å². The Morgan fingerprint density at radius 1 is 0.857 bits per heavy atom. The number of aryl methyl sites for hydroxylation is 2. The number of benzene rings is 2. The molecule has 0 atom stereocenters. The van der Waals surface area contributed by atoms with Crippen LogP contribution >= 0.6 is 0 Å². The minimum absolute atomic E-state index is 0.0829. The highest BCUT2D eigenvalue weighted by Gasteiger charge is 2.23. The third kappa shape index (κ3) is 5.24. The molecule has 2 amide bonds. The molecule has 2 heterocycles. The molecule has 4 rings (SSSR count). The number of ether oxygens (including phenoxy) is 3. The molecule has 9 nitrogen and oxygen atoms in total. The number of nitrogens with one attached hydrogen (secondary N) is 1. The standard InChI is InChI=1S/C26H31N5O4/c1-17-6-7-20(18(2)14-17)27-26(32)31-12-10-30(11-13-31)24-9-8-21(28-29-24)19-15-22(33-3)25(35-5)23(16-19)34-4/h6-9,14-16H,10-13H2,1-5H3,(H,27,32). The first-order valence-electron chi connectivity index (χ1n) is 11.5. The van der Waals surface area contributed by atoms with Crippen LogP contribution in [0.2, 0.25) is 0 Å². The van der Waals surface area contributed by atoms with Crippen molar-refractivity contribution in [3.63, 3.8) is 0 Å². The summed E-state index contributed by atoms with van der Waals surface area (Å²) in [6, 6.07) is 13.5. The number of urea groups is 1. The van der Waals surface area contributed by atoms with Crippen LogP contribution < -0.4 is 24.4 Å². The molecule has 1 aliphatic rings. The van der Waals surface area contributed by atoms with Crippen molar-refractivity contribution in [3.8, 4) is 28.5 Å². The van der Waals surface area contributed by atoms with Gasteiger partial charge in [-0.25, -0.2) is 4.79 Å². The fraction of sp³-hybridized carbons (Fsp3) is 0.346. The van der Waals surface area contributed by atoms with E-state index in [9.17, 15) is 4.79 Å². The van der Waals surface area contributed by atoms with Crippen molar-refractivity contribution < 1.29 is 19.0 Å². The summed E-state index contributed by atoms with van der Waals surface area (Å²) < 4.78 is 16.3. The molecule has 0 spiro atoms. The van der Waals surface area contributed by atoms with Gasteiger partial charge in [-0.2, -0.15) is 0 Å². The quantitative estimate of drug-likeness (QED) is 0.571. The third-order valence-electron chi connectivity index (χ3n) is 6.13. The van der Waals surface area contributed by atoms with E-state index in [-0.39, 0.29) is 6.03 Å². The van der Waals surface area contributed by atoms with Crippen LogP contribution in [-0.4, -0.2) is 68.6 Å². The summed E-state index contributed by atoms with van der Waals surface area (Å²) in [7, 11) is 4.73. The van der Waals surface area contributed by atoms with E-state index in [1.54, 1.807) is 21.3 Å². The average Bonchev–Trinajstić information content (AvgIpc) is 2.89. The number of carbonyl (C=O) groups excluding carboxylic acids is 1. The number of piperazine rings is 1. The predicted octanol–water partition coefficient (Wildman–Crippen LogP) is 4.14. The summed E-state index contributed by atoms with van der Waals surface area (Å²) in [5.41, 5.74) is 4.58. The Morgan fingerprint density at radius 2 is 1.54 bits per heavy atom. The van der Waals surface area contributed by atoms with Crippen molar-refractivity contribution in [1.82, 2.24) is 15.1 Å². The maximum atomic E-state index is 12.7. The summed E-state index contributed by atoms with van der Waals surface area (Å²) in [6.07, 6.45) is 0. The van der Waals surface area contributed by atoms with Crippen molar-refractivity contribution in [2.45, 2.75) is 13.8 Å². The van der Waals surface area contributed by atoms with Gasteiger partial charge in [0.15, 0.2) is 17.3 Å². The normalized spacial score (nSPS) is 13.4. The van der Waals surface area contributed by atoms with Crippen LogP contribution in [0.1, 0.15) is 11.1 Å². The van der Waals surface area contributed by atoms with Gasteiger partial charge in [0.05, 0.1) is 27.0 Å². The second-order valence-corrected chi connectivity index (χ2v) is 8.41. The maximum Gasteiger partial charge on any atom is 0.321 e. The molecule has 184 valence electrons. The Balaban J connectivity index is 1.40. The summed E-state index contributed by atoms with van der Waals surface area (Å²) in [5.74, 6) is 2.42. The number of hydrogen-bond acceptors (Lipinski definition) is 7. The highest BCUT2D eigenvalue weighted by Crippen LogP contribution is 2.40. The molecule has 0 saturated carbocycles. The van der Waals surface area contributed by atoms with Gasteiger partial charge in [0, 0.05) is 37.4 Å². The molecule has 2 aromatic carbocycles. The van der Waals surface area contributed by atoms with Crippen LogP contribution in [0.25, 0.3) is 11.3 Å². The van der Waals surface area contributed by atoms with Gasteiger partial charge in [0.1, 0.15) is 0 Å². The zero-order chi connectivity index (χ0) is 24.9. The number of rotatable bonds is 6. The first-order chi connectivity index (χ1) is 16.9. The fourth-order valence-corrected chi connectivity index (χ4v) is 4.16. The van der Waals surface area contributed by atoms with E-state index in [0.29, 0.717) is 49.1 Å². The zero-order valence-electron chi connectivity index (χ0n) is 20.8. The third-order valence-corrected chi connectivity index (χ3v) is 6.13. The smallest absolute Gasteiger partial charge is 0.321 e. The highest BCUT2D eigenvalue weighted by molar-refractivity contribution is 5.90. The number of carbonyl (C=O) groups is 1. The number of nitrogens with zero attached hydrogens (tertiary/aromatic N) is 4. The molecular formula is C26H31N5O4. The Labute approximate surface area is 205 Å². The van der Waals surface area contributed by atoms with Gasteiger partial charge in [0.25, 0.3) is 0 Å². The summed E-state index contributed by atoms with van der Waals surface area (Å²) in [6.45, 7) is 6.61. The second kappa shape index (κ2) is 10.5. The SMILES string of the molecule is COc1cc(-c2ccc(N3CCN(C(=O)Nc4ccc(C)cc4C)CC3)nn2)cc(OC)c1OC. The Kier molecular flexibility index (Phi) is 7.24. The Bertz CT molecular complexity index is 1170. The highest BCUT2D eigenvalue weighted by atomic mass is 16.5. The number of methoxy groups -OCH3 is 3. The van der Waals surface area contributed by atoms with Crippen LogP contribution in [0.4, 0.5) is 16.3 Å². The lowest BCUT2D eigenvalue weighted by Gasteiger charge is -2.35. The monoisotopic (exact) mass is 477 g/mol. The summed E-state index contributed by atoms with van der Waals surface area (Å²) in [4.78, 5) is 16.7. The lowest BCUT2D eigenvalue weighted by molar-refractivity contribution is 0.208.